The van der Waals surface area contributed by atoms with E-state index < -0.39 is 6.16 Å². The smallest absolute Gasteiger partial charge is 0.508 e. The molecule has 2 aromatic carbocycles. The average Bonchev–Trinajstić information content (AvgIpc) is 3.31. The Morgan fingerprint density at radius 3 is 2.24 bits per heavy atom. The Bertz CT molecular complexity index is 614. The first kappa shape index (κ1) is 13.5. The first-order valence-electron chi connectivity index (χ1n) is 6.56. The second-order valence-corrected chi connectivity index (χ2v) is 4.69. The summed E-state index contributed by atoms with van der Waals surface area (Å²) in [6.45, 7) is 0.860. The van der Waals surface area contributed by atoms with E-state index in [1.807, 2.05) is 24.3 Å². The van der Waals surface area contributed by atoms with Crippen LogP contribution in [0.15, 0.2) is 48.5 Å². The highest BCUT2D eigenvalue weighted by Gasteiger charge is 2.24. The van der Waals surface area contributed by atoms with Crippen LogP contribution in [0.4, 0.5) is 4.79 Å². The molecule has 0 bridgehead atoms. The molecule has 21 heavy (non-hydrogen) atoms. The Morgan fingerprint density at radius 1 is 1.10 bits per heavy atom. The number of epoxide rings is 1. The molecule has 1 atom stereocenters. The molecular weight excluding hydrogens is 272 g/mol. The minimum Gasteiger partial charge on any atom is -0.508 e. The van der Waals surface area contributed by atoms with Gasteiger partial charge in [-0.3, -0.25) is 0 Å². The summed E-state index contributed by atoms with van der Waals surface area (Å²) in [7, 11) is 0. The van der Waals surface area contributed by atoms with E-state index in [2.05, 4.69) is 0 Å². The number of carbonyl (C=O) groups is 1. The van der Waals surface area contributed by atoms with Crippen LogP contribution in [-0.4, -0.2) is 30.6 Å². The molecule has 1 saturated heterocycles. The topological polar surface area (TPSA) is 68.3 Å². The third-order valence-corrected chi connectivity index (χ3v) is 3.05. The lowest BCUT2D eigenvalue weighted by Crippen LogP contribution is -2.14. The Balaban J connectivity index is 1.60. The van der Waals surface area contributed by atoms with E-state index >= 15 is 0 Å². The minimum atomic E-state index is -0.733. The number of hydrogen-bond acceptors (Lipinski definition) is 5. The minimum absolute atomic E-state index is 0.0226. The summed E-state index contributed by atoms with van der Waals surface area (Å²) >= 11 is 0. The zero-order chi connectivity index (χ0) is 14.7. The van der Waals surface area contributed by atoms with E-state index in [-0.39, 0.29) is 18.5 Å². The van der Waals surface area contributed by atoms with Gasteiger partial charge in [0.2, 0.25) is 0 Å². The van der Waals surface area contributed by atoms with Crippen LogP contribution in [0.5, 0.6) is 11.5 Å². The highest BCUT2D eigenvalue weighted by molar-refractivity contribution is 5.67. The van der Waals surface area contributed by atoms with E-state index in [1.165, 1.54) is 0 Å². The Hall–Kier alpha value is -2.53. The maximum atomic E-state index is 11.4. The van der Waals surface area contributed by atoms with Gasteiger partial charge in [0.05, 0.1) is 6.61 Å². The van der Waals surface area contributed by atoms with Crippen molar-refractivity contribution in [3.63, 3.8) is 0 Å². The zero-order valence-electron chi connectivity index (χ0n) is 11.2. The molecule has 3 rings (SSSR count). The number of hydrogen-bond donors (Lipinski definition) is 1. The first-order valence-corrected chi connectivity index (χ1v) is 6.56. The van der Waals surface area contributed by atoms with Crippen molar-refractivity contribution in [3.8, 4) is 22.6 Å². The third kappa shape index (κ3) is 3.73. The van der Waals surface area contributed by atoms with E-state index in [1.54, 1.807) is 24.3 Å². The summed E-state index contributed by atoms with van der Waals surface area (Å²) in [5, 5.41) is 9.26. The van der Waals surface area contributed by atoms with Crippen molar-refractivity contribution in [1.82, 2.24) is 0 Å². The number of phenols is 1. The van der Waals surface area contributed by atoms with E-state index in [0.29, 0.717) is 12.4 Å². The van der Waals surface area contributed by atoms with Gasteiger partial charge in [-0.15, -0.1) is 0 Å². The second-order valence-electron chi connectivity index (χ2n) is 4.69. The van der Waals surface area contributed by atoms with Crippen LogP contribution in [0.1, 0.15) is 0 Å². The largest absolute Gasteiger partial charge is 0.513 e. The monoisotopic (exact) mass is 286 g/mol. The summed E-state index contributed by atoms with van der Waals surface area (Å²) in [6.07, 6.45) is -0.711. The molecule has 1 N–H and O–H groups in total. The van der Waals surface area contributed by atoms with Gasteiger partial charge in [-0.1, -0.05) is 24.3 Å². The van der Waals surface area contributed by atoms with Gasteiger partial charge in [0.25, 0.3) is 0 Å². The van der Waals surface area contributed by atoms with Gasteiger partial charge in [0.1, 0.15) is 24.2 Å². The second kappa shape index (κ2) is 5.85. The van der Waals surface area contributed by atoms with Crippen molar-refractivity contribution in [3.05, 3.63) is 48.5 Å². The van der Waals surface area contributed by atoms with Crippen LogP contribution >= 0.6 is 0 Å². The molecule has 108 valence electrons. The van der Waals surface area contributed by atoms with Gasteiger partial charge < -0.3 is 19.3 Å². The summed E-state index contributed by atoms with van der Waals surface area (Å²) in [6, 6.07) is 13.9. The van der Waals surface area contributed by atoms with Crippen molar-refractivity contribution in [2.75, 3.05) is 13.2 Å². The van der Waals surface area contributed by atoms with Gasteiger partial charge in [-0.2, -0.15) is 0 Å². The summed E-state index contributed by atoms with van der Waals surface area (Å²) in [5.41, 5.74) is 1.93. The van der Waals surface area contributed by atoms with Crippen LogP contribution in [0.2, 0.25) is 0 Å². The van der Waals surface area contributed by atoms with Crippen molar-refractivity contribution in [1.29, 1.82) is 0 Å². The maximum absolute atomic E-state index is 11.4. The van der Waals surface area contributed by atoms with Crippen LogP contribution in [0.3, 0.4) is 0 Å². The molecule has 1 unspecified atom stereocenters. The highest BCUT2D eigenvalue weighted by Crippen LogP contribution is 2.24. The molecule has 5 heteroatoms. The molecule has 0 aromatic heterocycles. The van der Waals surface area contributed by atoms with Gasteiger partial charge in [-0.05, 0) is 35.4 Å². The number of carbonyl (C=O) groups excluding carboxylic acids is 1. The molecule has 1 aliphatic rings. The standard InChI is InChI=1S/C16H14O5/c17-13-5-1-11(2-6-13)12-3-7-14(8-4-12)21-16(18)20-10-15-9-19-15/h1-8,15,17H,9-10H2. The van der Waals surface area contributed by atoms with Gasteiger partial charge in [0.15, 0.2) is 0 Å². The van der Waals surface area contributed by atoms with Crippen molar-refractivity contribution < 1.29 is 24.1 Å². The van der Waals surface area contributed by atoms with Crippen LogP contribution in [0.25, 0.3) is 11.1 Å². The average molecular weight is 286 g/mol. The van der Waals surface area contributed by atoms with E-state index in [9.17, 15) is 9.90 Å². The number of ether oxygens (including phenoxy) is 3. The van der Waals surface area contributed by atoms with Crippen molar-refractivity contribution in [2.45, 2.75) is 6.10 Å². The molecule has 2 aromatic rings. The van der Waals surface area contributed by atoms with E-state index in [0.717, 1.165) is 11.1 Å². The molecule has 1 fully saturated rings. The molecule has 1 heterocycles. The molecular formula is C16H14O5. The predicted molar refractivity (Wildman–Crippen MR) is 75.3 cm³/mol. The molecule has 1 aliphatic heterocycles. The summed E-state index contributed by atoms with van der Waals surface area (Å²) in [4.78, 5) is 11.4. The van der Waals surface area contributed by atoms with E-state index in [4.69, 9.17) is 14.2 Å². The number of phenolic OH excluding ortho intramolecular Hbond substituents is 1. The van der Waals surface area contributed by atoms with Crippen molar-refractivity contribution in [2.24, 2.45) is 0 Å². The third-order valence-electron chi connectivity index (χ3n) is 3.05. The Labute approximate surface area is 121 Å². The molecule has 0 amide bonds. The van der Waals surface area contributed by atoms with Crippen molar-refractivity contribution >= 4 is 6.16 Å². The first-order chi connectivity index (χ1) is 10.2. The Kier molecular flexibility index (Phi) is 3.75. The predicted octanol–water partition coefficient (Wildman–Crippen LogP) is 2.97. The van der Waals surface area contributed by atoms with Crippen LogP contribution in [0, 0.1) is 0 Å². The van der Waals surface area contributed by atoms with Crippen LogP contribution < -0.4 is 4.74 Å². The lowest BCUT2D eigenvalue weighted by molar-refractivity contribution is 0.0919. The fourth-order valence-corrected chi connectivity index (χ4v) is 1.82. The fourth-order valence-electron chi connectivity index (χ4n) is 1.82. The van der Waals surface area contributed by atoms with Gasteiger partial charge in [0, 0.05) is 0 Å². The highest BCUT2D eigenvalue weighted by atomic mass is 16.7. The zero-order valence-corrected chi connectivity index (χ0v) is 11.2. The molecule has 0 aliphatic carbocycles. The Morgan fingerprint density at radius 2 is 1.67 bits per heavy atom. The maximum Gasteiger partial charge on any atom is 0.513 e. The lowest BCUT2D eigenvalue weighted by atomic mass is 10.1. The van der Waals surface area contributed by atoms with Gasteiger partial charge >= 0.3 is 6.16 Å². The SMILES string of the molecule is O=C(OCC1CO1)Oc1ccc(-c2ccc(O)cc2)cc1. The quantitative estimate of drug-likeness (QED) is 0.531. The molecule has 0 saturated carbocycles. The number of benzene rings is 2. The molecule has 5 nitrogen and oxygen atoms in total. The number of aromatic hydroxyl groups is 1. The summed E-state index contributed by atoms with van der Waals surface area (Å²) < 4.78 is 14.9. The molecule has 0 spiro atoms. The fraction of sp³-hybridized carbons (Fsp3) is 0.188. The summed E-state index contributed by atoms with van der Waals surface area (Å²) in [5.74, 6) is 0.639. The van der Waals surface area contributed by atoms with Crippen LogP contribution in [-0.2, 0) is 9.47 Å². The van der Waals surface area contributed by atoms with Gasteiger partial charge in [-0.25, -0.2) is 4.79 Å². The number of rotatable bonds is 4. The normalized spacial score (nSPS) is 16.3. The molecule has 0 radical (unpaired) electrons. The lowest BCUT2D eigenvalue weighted by Gasteiger charge is -2.06.